The number of rotatable bonds is 6. The van der Waals surface area contributed by atoms with Crippen molar-refractivity contribution in [2.75, 3.05) is 6.54 Å². The van der Waals surface area contributed by atoms with Crippen molar-refractivity contribution in [1.29, 1.82) is 0 Å². The number of nitrogens with zero attached hydrogens (tertiary/aromatic N) is 1. The van der Waals surface area contributed by atoms with Gasteiger partial charge in [0, 0.05) is 22.9 Å². The molecule has 0 saturated carbocycles. The molecule has 1 aromatic carbocycles. The maximum atomic E-state index is 13.9. The molecule has 0 bridgehead atoms. The van der Waals surface area contributed by atoms with Crippen molar-refractivity contribution in [3.63, 3.8) is 0 Å². The third kappa shape index (κ3) is 4.39. The molecule has 2 aromatic rings. The summed E-state index contributed by atoms with van der Waals surface area (Å²) in [5, 5.41) is 3.42. The molecule has 1 unspecified atom stereocenters. The van der Waals surface area contributed by atoms with E-state index in [-0.39, 0.29) is 11.9 Å². The van der Waals surface area contributed by atoms with Gasteiger partial charge in [0.1, 0.15) is 5.82 Å². The van der Waals surface area contributed by atoms with Crippen LogP contribution >= 0.6 is 15.9 Å². The number of nitrogens with one attached hydrogen (secondary N) is 1. The van der Waals surface area contributed by atoms with Crippen LogP contribution in [0, 0.1) is 5.82 Å². The second-order valence-electron chi connectivity index (χ2n) is 4.75. The van der Waals surface area contributed by atoms with E-state index in [1.807, 2.05) is 18.2 Å². The summed E-state index contributed by atoms with van der Waals surface area (Å²) < 4.78 is 14.8. The predicted molar refractivity (Wildman–Crippen MR) is 83.2 cm³/mol. The van der Waals surface area contributed by atoms with Crippen LogP contribution in [-0.2, 0) is 12.8 Å². The fraction of sp³-hybridized carbons (Fsp3) is 0.312. The zero-order valence-electron chi connectivity index (χ0n) is 11.4. The van der Waals surface area contributed by atoms with Gasteiger partial charge in [-0.1, -0.05) is 22.9 Å². The van der Waals surface area contributed by atoms with Crippen molar-refractivity contribution < 1.29 is 4.39 Å². The van der Waals surface area contributed by atoms with Gasteiger partial charge in [0.05, 0.1) is 0 Å². The van der Waals surface area contributed by atoms with Gasteiger partial charge < -0.3 is 5.32 Å². The molecule has 1 heterocycles. The van der Waals surface area contributed by atoms with Crippen LogP contribution in [0.2, 0.25) is 0 Å². The first-order valence-electron chi connectivity index (χ1n) is 6.75. The summed E-state index contributed by atoms with van der Waals surface area (Å²) in [4.78, 5) is 4.02. The summed E-state index contributed by atoms with van der Waals surface area (Å²) in [6.07, 6.45) is 5.11. The fourth-order valence-corrected chi connectivity index (χ4v) is 2.68. The molecule has 1 aromatic heterocycles. The maximum Gasteiger partial charge on any atom is 0.126 e. The Morgan fingerprint density at radius 3 is 2.65 bits per heavy atom. The monoisotopic (exact) mass is 336 g/mol. The molecule has 0 aliphatic heterocycles. The number of hydrogen-bond donors (Lipinski definition) is 1. The summed E-state index contributed by atoms with van der Waals surface area (Å²) in [5.41, 5.74) is 1.95. The largest absolute Gasteiger partial charge is 0.314 e. The Kier molecular flexibility index (Phi) is 5.68. The molecule has 2 rings (SSSR count). The molecule has 106 valence electrons. The quantitative estimate of drug-likeness (QED) is 0.868. The Morgan fingerprint density at radius 1 is 1.20 bits per heavy atom. The SMILES string of the molecule is CCNC(Cc1ccncc1)Cc1cc(Br)ccc1F. The summed E-state index contributed by atoms with van der Waals surface area (Å²) in [6.45, 7) is 2.93. The number of halogens is 2. The molecule has 0 amide bonds. The molecule has 0 spiro atoms. The van der Waals surface area contributed by atoms with Crippen molar-refractivity contribution in [1.82, 2.24) is 10.3 Å². The number of likely N-dealkylation sites (N-methyl/N-ethyl adjacent to an activating group) is 1. The Hall–Kier alpha value is -1.26. The van der Waals surface area contributed by atoms with E-state index >= 15 is 0 Å². The second-order valence-corrected chi connectivity index (χ2v) is 5.67. The van der Waals surface area contributed by atoms with Crippen LogP contribution < -0.4 is 5.32 Å². The molecule has 0 fully saturated rings. The number of hydrogen-bond acceptors (Lipinski definition) is 2. The molecule has 1 N–H and O–H groups in total. The number of benzene rings is 1. The van der Waals surface area contributed by atoms with Crippen molar-refractivity contribution >= 4 is 15.9 Å². The Labute approximate surface area is 127 Å². The average Bonchev–Trinajstić information content (AvgIpc) is 2.44. The van der Waals surface area contributed by atoms with E-state index in [0.717, 1.165) is 23.0 Å². The molecule has 0 radical (unpaired) electrons. The smallest absolute Gasteiger partial charge is 0.126 e. The van der Waals surface area contributed by atoms with Gasteiger partial charge in [0.2, 0.25) is 0 Å². The van der Waals surface area contributed by atoms with E-state index < -0.39 is 0 Å². The molecule has 0 aliphatic carbocycles. The highest BCUT2D eigenvalue weighted by atomic mass is 79.9. The van der Waals surface area contributed by atoms with Gasteiger partial charge >= 0.3 is 0 Å². The van der Waals surface area contributed by atoms with E-state index in [1.165, 1.54) is 11.6 Å². The molecule has 2 nitrogen and oxygen atoms in total. The van der Waals surface area contributed by atoms with Crippen molar-refractivity contribution in [2.45, 2.75) is 25.8 Å². The minimum Gasteiger partial charge on any atom is -0.314 e. The molecular weight excluding hydrogens is 319 g/mol. The third-order valence-corrected chi connectivity index (χ3v) is 3.69. The third-order valence-electron chi connectivity index (χ3n) is 3.20. The predicted octanol–water partition coefficient (Wildman–Crippen LogP) is 3.75. The number of aromatic nitrogens is 1. The van der Waals surface area contributed by atoms with Gasteiger partial charge in [-0.3, -0.25) is 4.98 Å². The van der Waals surface area contributed by atoms with Gasteiger partial charge in [0.15, 0.2) is 0 Å². The van der Waals surface area contributed by atoms with E-state index in [9.17, 15) is 4.39 Å². The van der Waals surface area contributed by atoms with E-state index in [2.05, 4.69) is 33.2 Å². The van der Waals surface area contributed by atoms with Crippen LogP contribution in [0.5, 0.6) is 0 Å². The van der Waals surface area contributed by atoms with Gasteiger partial charge in [0.25, 0.3) is 0 Å². The van der Waals surface area contributed by atoms with Gasteiger partial charge in [-0.25, -0.2) is 4.39 Å². The molecule has 0 aliphatic rings. The minimum atomic E-state index is -0.147. The lowest BCUT2D eigenvalue weighted by Crippen LogP contribution is -2.33. The van der Waals surface area contributed by atoms with Crippen molar-refractivity contribution in [3.8, 4) is 0 Å². The molecule has 4 heteroatoms. The Balaban J connectivity index is 2.11. The Bertz CT molecular complexity index is 545. The first-order valence-corrected chi connectivity index (χ1v) is 7.54. The van der Waals surface area contributed by atoms with Gasteiger partial charge in [-0.05, 0) is 60.8 Å². The normalized spacial score (nSPS) is 12.3. The van der Waals surface area contributed by atoms with Gasteiger partial charge in [-0.2, -0.15) is 0 Å². The van der Waals surface area contributed by atoms with E-state index in [4.69, 9.17) is 0 Å². The first-order chi connectivity index (χ1) is 9.69. The van der Waals surface area contributed by atoms with Crippen molar-refractivity contribution in [3.05, 3.63) is 64.1 Å². The lowest BCUT2D eigenvalue weighted by Gasteiger charge is -2.18. The Morgan fingerprint density at radius 2 is 1.95 bits per heavy atom. The average molecular weight is 337 g/mol. The topological polar surface area (TPSA) is 24.9 Å². The summed E-state index contributed by atoms with van der Waals surface area (Å²) in [6, 6.07) is 9.31. The highest BCUT2D eigenvalue weighted by Gasteiger charge is 2.12. The minimum absolute atomic E-state index is 0.147. The van der Waals surface area contributed by atoms with Crippen LogP contribution in [0.1, 0.15) is 18.1 Å². The van der Waals surface area contributed by atoms with Gasteiger partial charge in [-0.15, -0.1) is 0 Å². The highest BCUT2D eigenvalue weighted by Crippen LogP contribution is 2.18. The summed E-state index contributed by atoms with van der Waals surface area (Å²) in [5.74, 6) is -0.147. The van der Waals surface area contributed by atoms with Crippen LogP contribution in [0.15, 0.2) is 47.2 Å². The summed E-state index contributed by atoms with van der Waals surface area (Å²) >= 11 is 3.40. The summed E-state index contributed by atoms with van der Waals surface area (Å²) in [7, 11) is 0. The molecule has 0 saturated heterocycles. The van der Waals surface area contributed by atoms with Crippen LogP contribution in [0.3, 0.4) is 0 Å². The lowest BCUT2D eigenvalue weighted by molar-refractivity contribution is 0.505. The maximum absolute atomic E-state index is 13.9. The molecule has 1 atom stereocenters. The number of pyridine rings is 1. The fourth-order valence-electron chi connectivity index (χ4n) is 2.27. The van der Waals surface area contributed by atoms with E-state index in [1.54, 1.807) is 18.5 Å². The molecular formula is C16H18BrFN2. The standard InChI is InChI=1S/C16H18BrFN2/c1-2-20-15(9-12-5-7-19-8-6-12)11-13-10-14(17)3-4-16(13)18/h3-8,10,15,20H,2,9,11H2,1H3. The first kappa shape index (κ1) is 15.1. The van der Waals surface area contributed by atoms with Crippen LogP contribution in [0.4, 0.5) is 4.39 Å². The zero-order valence-corrected chi connectivity index (χ0v) is 13.0. The lowest BCUT2D eigenvalue weighted by atomic mass is 9.99. The van der Waals surface area contributed by atoms with Crippen LogP contribution in [-0.4, -0.2) is 17.6 Å². The highest BCUT2D eigenvalue weighted by molar-refractivity contribution is 9.10. The van der Waals surface area contributed by atoms with E-state index in [0.29, 0.717) is 6.42 Å². The second kappa shape index (κ2) is 7.50. The molecule has 20 heavy (non-hydrogen) atoms. The zero-order chi connectivity index (χ0) is 14.4. The van der Waals surface area contributed by atoms with Crippen LogP contribution in [0.25, 0.3) is 0 Å². The van der Waals surface area contributed by atoms with Crippen molar-refractivity contribution in [2.24, 2.45) is 0 Å².